The van der Waals surface area contributed by atoms with Gasteiger partial charge in [0.05, 0.1) is 18.0 Å². The molecule has 7 heteroatoms. The van der Waals surface area contributed by atoms with Crippen LogP contribution in [-0.4, -0.2) is 22.9 Å². The summed E-state index contributed by atoms with van der Waals surface area (Å²) in [6.07, 6.45) is 0.597. The molecule has 0 saturated carbocycles. The Morgan fingerprint density at radius 3 is 2.38 bits per heavy atom. The van der Waals surface area contributed by atoms with Crippen LogP contribution in [0.5, 0.6) is 0 Å². The quantitative estimate of drug-likeness (QED) is 0.691. The summed E-state index contributed by atoms with van der Waals surface area (Å²) >= 11 is 1.26. The number of benzene rings is 1. The SMILES string of the molecule is CCc1c(C)sc(NC(=O)CC(NC(C)=O)c2ccccc2)c1C(=O)O. The summed E-state index contributed by atoms with van der Waals surface area (Å²) in [7, 11) is 0. The summed E-state index contributed by atoms with van der Waals surface area (Å²) in [6.45, 7) is 5.12. The highest BCUT2D eigenvalue weighted by Gasteiger charge is 2.23. The van der Waals surface area contributed by atoms with Crippen molar-refractivity contribution in [2.45, 2.75) is 39.7 Å². The predicted octanol–water partition coefficient (Wildman–Crippen LogP) is 3.52. The first kappa shape index (κ1) is 19.7. The minimum absolute atomic E-state index is 0.0149. The summed E-state index contributed by atoms with van der Waals surface area (Å²) in [5.74, 6) is -1.64. The van der Waals surface area contributed by atoms with E-state index in [1.54, 1.807) is 0 Å². The van der Waals surface area contributed by atoms with Crippen molar-refractivity contribution in [3.05, 3.63) is 51.9 Å². The van der Waals surface area contributed by atoms with Crippen molar-refractivity contribution in [3.63, 3.8) is 0 Å². The molecule has 138 valence electrons. The molecule has 0 saturated heterocycles. The highest BCUT2D eigenvalue weighted by atomic mass is 32.1. The monoisotopic (exact) mass is 374 g/mol. The Labute approximate surface area is 156 Å². The molecular weight excluding hydrogens is 352 g/mol. The van der Waals surface area contributed by atoms with Gasteiger partial charge in [0, 0.05) is 11.8 Å². The summed E-state index contributed by atoms with van der Waals surface area (Å²) in [5.41, 5.74) is 1.70. The van der Waals surface area contributed by atoms with Gasteiger partial charge in [-0.05, 0) is 24.5 Å². The third-order valence-corrected chi connectivity index (χ3v) is 5.06. The highest BCUT2D eigenvalue weighted by Crippen LogP contribution is 2.33. The number of anilines is 1. The molecular formula is C19H22N2O4S. The fourth-order valence-corrected chi connectivity index (χ4v) is 4.02. The summed E-state index contributed by atoms with van der Waals surface area (Å²) in [4.78, 5) is 36.5. The number of amides is 2. The van der Waals surface area contributed by atoms with Gasteiger partial charge in [0.1, 0.15) is 5.00 Å². The molecule has 0 aliphatic heterocycles. The number of thiophene rings is 1. The van der Waals surface area contributed by atoms with Crippen molar-refractivity contribution in [3.8, 4) is 0 Å². The third kappa shape index (κ3) is 4.70. The molecule has 0 fully saturated rings. The smallest absolute Gasteiger partial charge is 0.339 e. The molecule has 1 aromatic carbocycles. The molecule has 2 rings (SSSR count). The first-order valence-corrected chi connectivity index (χ1v) is 9.12. The molecule has 0 aliphatic carbocycles. The number of rotatable bonds is 7. The van der Waals surface area contributed by atoms with Gasteiger partial charge in [0.25, 0.3) is 0 Å². The molecule has 1 aromatic heterocycles. The minimum atomic E-state index is -1.05. The van der Waals surface area contributed by atoms with Crippen LogP contribution in [-0.2, 0) is 16.0 Å². The van der Waals surface area contributed by atoms with E-state index in [1.807, 2.05) is 44.2 Å². The average molecular weight is 374 g/mol. The second kappa shape index (κ2) is 8.62. The van der Waals surface area contributed by atoms with Crippen LogP contribution < -0.4 is 10.6 Å². The van der Waals surface area contributed by atoms with Crippen molar-refractivity contribution >= 4 is 34.1 Å². The summed E-state index contributed by atoms with van der Waals surface area (Å²) in [5, 5.41) is 15.3. The maximum absolute atomic E-state index is 12.5. The van der Waals surface area contributed by atoms with Gasteiger partial charge in [0.2, 0.25) is 11.8 Å². The number of carbonyl (C=O) groups is 3. The molecule has 6 nitrogen and oxygen atoms in total. The number of aryl methyl sites for hydroxylation is 1. The Morgan fingerprint density at radius 2 is 1.85 bits per heavy atom. The number of carboxylic acids is 1. The second-order valence-electron chi connectivity index (χ2n) is 5.92. The number of carbonyl (C=O) groups excluding carboxylic acids is 2. The van der Waals surface area contributed by atoms with E-state index >= 15 is 0 Å². The third-order valence-electron chi connectivity index (χ3n) is 4.00. The van der Waals surface area contributed by atoms with E-state index in [-0.39, 0.29) is 23.8 Å². The number of nitrogens with one attached hydrogen (secondary N) is 2. The normalized spacial score (nSPS) is 11.7. The minimum Gasteiger partial charge on any atom is -0.478 e. The molecule has 0 bridgehead atoms. The van der Waals surface area contributed by atoms with Crippen molar-refractivity contribution in [2.24, 2.45) is 0 Å². The lowest BCUT2D eigenvalue weighted by atomic mass is 10.0. The molecule has 3 N–H and O–H groups in total. The molecule has 1 atom stereocenters. The molecule has 1 heterocycles. The molecule has 0 radical (unpaired) electrons. The number of aromatic carboxylic acids is 1. The Morgan fingerprint density at radius 1 is 1.19 bits per heavy atom. The van der Waals surface area contributed by atoms with Crippen LogP contribution in [0.3, 0.4) is 0 Å². The molecule has 0 aliphatic rings. The maximum atomic E-state index is 12.5. The molecule has 26 heavy (non-hydrogen) atoms. The van der Waals surface area contributed by atoms with Gasteiger partial charge in [-0.2, -0.15) is 0 Å². The zero-order valence-electron chi connectivity index (χ0n) is 15.0. The fraction of sp³-hybridized carbons (Fsp3) is 0.316. The molecule has 2 aromatic rings. The lowest BCUT2D eigenvalue weighted by molar-refractivity contribution is -0.120. The topological polar surface area (TPSA) is 95.5 Å². The number of carboxylic acid groups (broad SMARTS) is 1. The van der Waals surface area contributed by atoms with E-state index < -0.39 is 12.0 Å². The van der Waals surface area contributed by atoms with E-state index in [0.29, 0.717) is 11.4 Å². The van der Waals surface area contributed by atoms with Gasteiger partial charge in [-0.3, -0.25) is 9.59 Å². The number of hydrogen-bond acceptors (Lipinski definition) is 4. The van der Waals surface area contributed by atoms with Crippen LogP contribution in [0.15, 0.2) is 30.3 Å². The Kier molecular flexibility index (Phi) is 6.52. The van der Waals surface area contributed by atoms with Crippen molar-refractivity contribution in [1.82, 2.24) is 5.32 Å². The summed E-state index contributed by atoms with van der Waals surface area (Å²) in [6, 6.07) is 8.71. The van der Waals surface area contributed by atoms with Gasteiger partial charge in [-0.25, -0.2) is 4.79 Å². The van der Waals surface area contributed by atoms with Gasteiger partial charge < -0.3 is 15.7 Å². The van der Waals surface area contributed by atoms with Crippen LogP contribution in [0, 0.1) is 6.92 Å². The largest absolute Gasteiger partial charge is 0.478 e. The van der Waals surface area contributed by atoms with Gasteiger partial charge in [0.15, 0.2) is 0 Å². The molecule has 1 unspecified atom stereocenters. The zero-order valence-corrected chi connectivity index (χ0v) is 15.8. The van der Waals surface area contributed by atoms with E-state index in [1.165, 1.54) is 18.3 Å². The van der Waals surface area contributed by atoms with Crippen LogP contribution in [0.2, 0.25) is 0 Å². The van der Waals surface area contributed by atoms with Crippen LogP contribution >= 0.6 is 11.3 Å². The van der Waals surface area contributed by atoms with Crippen molar-refractivity contribution in [1.29, 1.82) is 0 Å². The van der Waals surface area contributed by atoms with Gasteiger partial charge >= 0.3 is 5.97 Å². The maximum Gasteiger partial charge on any atom is 0.339 e. The second-order valence-corrected chi connectivity index (χ2v) is 7.14. The van der Waals surface area contributed by atoms with Gasteiger partial charge in [-0.15, -0.1) is 11.3 Å². The molecule has 0 spiro atoms. The fourth-order valence-electron chi connectivity index (χ4n) is 2.86. The lowest BCUT2D eigenvalue weighted by Crippen LogP contribution is -2.29. The first-order chi connectivity index (χ1) is 12.3. The van der Waals surface area contributed by atoms with E-state index in [9.17, 15) is 19.5 Å². The standard InChI is InChI=1S/C19H22N2O4S/c1-4-14-11(2)26-18(17(14)19(24)25)21-16(23)10-15(20-12(3)22)13-8-6-5-7-9-13/h5-9,15H,4,10H2,1-3H3,(H,20,22)(H,21,23)(H,24,25). The Balaban J connectivity index is 2.21. The zero-order chi connectivity index (χ0) is 19.3. The van der Waals surface area contributed by atoms with Crippen molar-refractivity contribution in [2.75, 3.05) is 5.32 Å². The molecule has 2 amide bonds. The average Bonchev–Trinajstić information content (AvgIpc) is 2.89. The first-order valence-electron chi connectivity index (χ1n) is 8.30. The van der Waals surface area contributed by atoms with E-state index in [4.69, 9.17) is 0 Å². The van der Waals surface area contributed by atoms with E-state index in [0.717, 1.165) is 16.0 Å². The van der Waals surface area contributed by atoms with E-state index in [2.05, 4.69) is 10.6 Å². The van der Waals surface area contributed by atoms with Crippen LogP contribution in [0.25, 0.3) is 0 Å². The predicted molar refractivity (Wildman–Crippen MR) is 102 cm³/mol. The van der Waals surface area contributed by atoms with Crippen LogP contribution in [0.4, 0.5) is 5.00 Å². The Hall–Kier alpha value is -2.67. The van der Waals surface area contributed by atoms with Crippen molar-refractivity contribution < 1.29 is 19.5 Å². The van der Waals surface area contributed by atoms with Crippen LogP contribution in [0.1, 0.15) is 52.7 Å². The Bertz CT molecular complexity index is 814. The lowest BCUT2D eigenvalue weighted by Gasteiger charge is -2.18. The van der Waals surface area contributed by atoms with Gasteiger partial charge in [-0.1, -0.05) is 37.3 Å². The highest BCUT2D eigenvalue weighted by molar-refractivity contribution is 7.16. The number of hydrogen-bond donors (Lipinski definition) is 3. The summed E-state index contributed by atoms with van der Waals surface area (Å²) < 4.78 is 0.